The number of amides is 1. The number of sulfone groups is 1. The van der Waals surface area contributed by atoms with Crippen LogP contribution in [0.4, 0.5) is 13.2 Å². The van der Waals surface area contributed by atoms with Gasteiger partial charge in [-0.15, -0.1) is 0 Å². The molecule has 0 spiro atoms. The molecule has 34 heavy (non-hydrogen) atoms. The van der Waals surface area contributed by atoms with Crippen LogP contribution in [0.5, 0.6) is 5.75 Å². The fourth-order valence-corrected chi connectivity index (χ4v) is 5.15. The number of nitrogens with zero attached hydrogens (tertiary/aromatic N) is 1. The molecule has 2 aliphatic rings. The van der Waals surface area contributed by atoms with Gasteiger partial charge in [-0.3, -0.25) is 4.79 Å². The van der Waals surface area contributed by atoms with Crippen molar-refractivity contribution in [1.82, 2.24) is 4.90 Å². The Kier molecular flexibility index (Phi) is 6.46. The van der Waals surface area contributed by atoms with Crippen LogP contribution in [0, 0.1) is 0 Å². The third-order valence-corrected chi connectivity index (χ3v) is 7.54. The first-order valence-electron chi connectivity index (χ1n) is 10.7. The molecule has 1 aliphatic carbocycles. The Morgan fingerprint density at radius 3 is 2.53 bits per heavy atom. The van der Waals surface area contributed by atoms with E-state index in [0.717, 1.165) is 60.9 Å². The normalized spacial score (nSPS) is 17.2. The summed E-state index contributed by atoms with van der Waals surface area (Å²) in [5.41, 5.74) is 4.27. The molecule has 0 N–H and O–H groups in total. The molecule has 182 valence electrons. The van der Waals surface area contributed by atoms with Crippen molar-refractivity contribution in [3.63, 3.8) is 0 Å². The largest absolute Gasteiger partial charge is 0.480 e. The number of hydrogen-bond acceptors (Lipinski definition) is 4. The summed E-state index contributed by atoms with van der Waals surface area (Å²) in [5.74, 6) is -0.874. The predicted octanol–water partition coefficient (Wildman–Crippen LogP) is 5.32. The van der Waals surface area contributed by atoms with Gasteiger partial charge < -0.3 is 9.64 Å². The summed E-state index contributed by atoms with van der Waals surface area (Å²) < 4.78 is 68.4. The van der Waals surface area contributed by atoms with Gasteiger partial charge in [-0.1, -0.05) is 17.7 Å². The summed E-state index contributed by atoms with van der Waals surface area (Å²) in [6.45, 7) is 1.47. The Morgan fingerprint density at radius 1 is 1.12 bits per heavy atom. The number of hydrogen-bond donors (Lipinski definition) is 0. The minimum atomic E-state index is -4.64. The molecule has 2 aromatic rings. The highest BCUT2D eigenvalue weighted by Gasteiger charge is 2.39. The molecule has 0 unspecified atom stereocenters. The lowest BCUT2D eigenvalue weighted by atomic mass is 9.82. The predicted molar refractivity (Wildman–Crippen MR) is 123 cm³/mol. The van der Waals surface area contributed by atoms with Crippen LogP contribution in [0.25, 0.3) is 5.57 Å². The number of alkyl halides is 3. The van der Waals surface area contributed by atoms with E-state index in [4.69, 9.17) is 16.3 Å². The van der Waals surface area contributed by atoms with Gasteiger partial charge in [-0.25, -0.2) is 8.42 Å². The Labute approximate surface area is 201 Å². The lowest BCUT2D eigenvalue weighted by molar-refractivity contribution is -0.189. The second kappa shape index (κ2) is 8.92. The minimum absolute atomic E-state index is 0.166. The van der Waals surface area contributed by atoms with Gasteiger partial charge in [0.05, 0.1) is 10.5 Å². The van der Waals surface area contributed by atoms with Crippen molar-refractivity contribution in [3.8, 4) is 5.75 Å². The maximum Gasteiger partial charge on any atom is 0.425 e. The molecular weight excluding hydrogens is 491 g/mol. The van der Waals surface area contributed by atoms with E-state index in [0.29, 0.717) is 24.5 Å². The monoisotopic (exact) mass is 513 g/mol. The van der Waals surface area contributed by atoms with Crippen LogP contribution in [0.1, 0.15) is 41.3 Å². The first kappa shape index (κ1) is 24.6. The molecule has 0 bridgehead atoms. The van der Waals surface area contributed by atoms with Crippen LogP contribution >= 0.6 is 11.6 Å². The average Bonchev–Trinajstić information content (AvgIpc) is 2.77. The number of rotatable bonds is 4. The van der Waals surface area contributed by atoms with Crippen molar-refractivity contribution in [2.24, 2.45) is 0 Å². The molecule has 0 radical (unpaired) electrons. The van der Waals surface area contributed by atoms with Crippen molar-refractivity contribution in [3.05, 3.63) is 63.7 Å². The van der Waals surface area contributed by atoms with Crippen molar-refractivity contribution >= 4 is 32.9 Å². The molecule has 1 heterocycles. The number of aryl methyl sites for hydroxylation is 1. The van der Waals surface area contributed by atoms with E-state index in [-0.39, 0.29) is 16.2 Å². The van der Waals surface area contributed by atoms with Crippen molar-refractivity contribution < 1.29 is 31.1 Å². The maximum atomic E-state index is 13.4. The van der Waals surface area contributed by atoms with E-state index in [1.807, 2.05) is 18.2 Å². The van der Waals surface area contributed by atoms with Gasteiger partial charge in [-0.2, -0.15) is 13.2 Å². The van der Waals surface area contributed by atoms with Crippen LogP contribution in [-0.4, -0.2) is 50.9 Å². The molecule has 0 saturated heterocycles. The number of carbonyl (C=O) groups excluding carboxylic acids is 1. The molecule has 1 atom stereocenters. The molecule has 4 rings (SSSR count). The average molecular weight is 514 g/mol. The SMILES string of the molecule is C[C@H](Oc1ccc(S(C)(=O)=O)cc1C(=O)N1CCC2=C(CCc3ccc(Cl)cc32)C1)C(F)(F)F. The second-order valence-corrected chi connectivity index (χ2v) is 11.0. The second-order valence-electron chi connectivity index (χ2n) is 8.59. The summed E-state index contributed by atoms with van der Waals surface area (Å²) in [4.78, 5) is 14.8. The van der Waals surface area contributed by atoms with Crippen molar-refractivity contribution in [1.29, 1.82) is 0 Å². The number of ether oxygens (including phenoxy) is 1. The molecular formula is C24H23ClF3NO4S. The molecule has 2 aromatic carbocycles. The number of benzene rings is 2. The maximum absolute atomic E-state index is 13.4. The molecule has 0 aromatic heterocycles. The Hall–Kier alpha value is -2.52. The van der Waals surface area contributed by atoms with E-state index < -0.39 is 28.0 Å². The zero-order chi connectivity index (χ0) is 24.8. The Bertz CT molecular complexity index is 1290. The molecule has 1 amide bonds. The summed E-state index contributed by atoms with van der Waals surface area (Å²) in [5, 5.41) is 0.629. The van der Waals surface area contributed by atoms with Gasteiger partial charge >= 0.3 is 6.18 Å². The van der Waals surface area contributed by atoms with E-state index in [1.54, 1.807) is 0 Å². The van der Waals surface area contributed by atoms with E-state index >= 15 is 0 Å². The zero-order valence-electron chi connectivity index (χ0n) is 18.6. The van der Waals surface area contributed by atoms with Crippen LogP contribution in [0.15, 0.2) is 46.9 Å². The standard InChI is InChI=1S/C24H23ClF3NO4S/c1-14(24(26,27)28)33-22-8-7-18(34(2,31)32)12-21(22)23(30)29-10-9-19-16(13-29)4-3-15-5-6-17(25)11-20(15)19/h5-8,11-12,14H,3-4,9-10,13H2,1-2H3/t14-/m0/s1. The molecule has 1 aliphatic heterocycles. The summed E-state index contributed by atoms with van der Waals surface area (Å²) in [7, 11) is -3.69. The quantitative estimate of drug-likeness (QED) is 0.555. The van der Waals surface area contributed by atoms with Gasteiger partial charge in [0.25, 0.3) is 5.91 Å². The minimum Gasteiger partial charge on any atom is -0.480 e. The van der Waals surface area contributed by atoms with Gasteiger partial charge in [0, 0.05) is 24.4 Å². The van der Waals surface area contributed by atoms with Gasteiger partial charge in [0.2, 0.25) is 0 Å². The Balaban J connectivity index is 1.67. The molecule has 10 heteroatoms. The van der Waals surface area contributed by atoms with Crippen LogP contribution in [0.2, 0.25) is 5.02 Å². The summed E-state index contributed by atoms with van der Waals surface area (Å²) >= 11 is 6.18. The smallest absolute Gasteiger partial charge is 0.425 e. The van der Waals surface area contributed by atoms with Crippen LogP contribution in [0.3, 0.4) is 0 Å². The first-order valence-corrected chi connectivity index (χ1v) is 13.0. The molecule has 0 fully saturated rings. The lowest BCUT2D eigenvalue weighted by Crippen LogP contribution is -2.38. The van der Waals surface area contributed by atoms with Crippen molar-refractivity contribution in [2.75, 3.05) is 19.3 Å². The van der Waals surface area contributed by atoms with Crippen LogP contribution < -0.4 is 4.74 Å². The zero-order valence-corrected chi connectivity index (χ0v) is 20.1. The Morgan fingerprint density at radius 2 is 1.85 bits per heavy atom. The third kappa shape index (κ3) is 4.95. The highest BCUT2D eigenvalue weighted by molar-refractivity contribution is 7.90. The summed E-state index contributed by atoms with van der Waals surface area (Å²) in [6.07, 6.45) is -3.72. The van der Waals surface area contributed by atoms with Gasteiger partial charge in [0.15, 0.2) is 15.9 Å². The highest BCUT2D eigenvalue weighted by atomic mass is 35.5. The van der Waals surface area contributed by atoms with Crippen molar-refractivity contribution in [2.45, 2.75) is 43.4 Å². The van der Waals surface area contributed by atoms with Gasteiger partial charge in [0.1, 0.15) is 5.75 Å². The highest BCUT2D eigenvalue weighted by Crippen LogP contribution is 2.39. The third-order valence-electron chi connectivity index (χ3n) is 6.19. The topological polar surface area (TPSA) is 63.7 Å². The first-order chi connectivity index (χ1) is 15.8. The molecule has 5 nitrogen and oxygen atoms in total. The van der Waals surface area contributed by atoms with Gasteiger partial charge in [-0.05, 0) is 78.8 Å². The number of fused-ring (bicyclic) bond motifs is 2. The number of halogens is 4. The lowest BCUT2D eigenvalue weighted by Gasteiger charge is -2.35. The summed E-state index contributed by atoms with van der Waals surface area (Å²) in [6, 6.07) is 9.12. The van der Waals surface area contributed by atoms with E-state index in [1.165, 1.54) is 10.5 Å². The van der Waals surface area contributed by atoms with Crippen LogP contribution in [-0.2, 0) is 16.3 Å². The van der Waals surface area contributed by atoms with E-state index in [2.05, 4.69) is 0 Å². The van der Waals surface area contributed by atoms with E-state index in [9.17, 15) is 26.4 Å². The molecule has 0 saturated carbocycles. The fraction of sp³-hybridized carbons (Fsp3) is 0.375. The fourth-order valence-electron chi connectivity index (χ4n) is 4.33. The number of carbonyl (C=O) groups is 1.